The number of carbonyl (C=O) groups excluding carboxylic acids is 1. The second-order valence-corrected chi connectivity index (χ2v) is 5.11. The first kappa shape index (κ1) is 10.9. The van der Waals surface area contributed by atoms with E-state index in [4.69, 9.17) is 9.47 Å². The number of fused-ring (bicyclic) bond motifs is 3. The normalized spacial score (nSPS) is 39.1. The summed E-state index contributed by atoms with van der Waals surface area (Å²) in [4.78, 5) is 10.8. The topological polar surface area (TPSA) is 35.5 Å². The molecule has 2 saturated heterocycles. The Bertz CT molecular complexity index is 235. The van der Waals surface area contributed by atoms with Crippen LogP contribution in [0.5, 0.6) is 0 Å². The number of ether oxygens (including phenoxy) is 2. The predicted octanol–water partition coefficient (Wildman–Crippen LogP) is 2.29. The van der Waals surface area contributed by atoms with Crippen molar-refractivity contribution >= 4 is 5.97 Å². The molecule has 0 amide bonds. The van der Waals surface area contributed by atoms with E-state index in [1.165, 1.54) is 6.92 Å². The Labute approximate surface area is 91.1 Å². The fraction of sp³-hybridized carbons (Fsp3) is 0.917. The summed E-state index contributed by atoms with van der Waals surface area (Å²) in [6.07, 6.45) is 5.66. The minimum atomic E-state index is -0.178. The molecule has 2 bridgehead atoms. The van der Waals surface area contributed by atoms with Gasteiger partial charge in [0.25, 0.3) is 0 Å². The zero-order valence-electron chi connectivity index (χ0n) is 9.67. The van der Waals surface area contributed by atoms with Crippen LogP contribution in [-0.2, 0) is 14.3 Å². The Hall–Kier alpha value is -0.570. The predicted molar refractivity (Wildman–Crippen MR) is 56.5 cm³/mol. The molecule has 0 N–H and O–H groups in total. The van der Waals surface area contributed by atoms with Gasteiger partial charge in [-0.25, -0.2) is 0 Å². The van der Waals surface area contributed by atoms with Crippen molar-refractivity contribution in [2.24, 2.45) is 5.41 Å². The third-order valence-corrected chi connectivity index (χ3v) is 4.13. The molecule has 3 nitrogen and oxygen atoms in total. The molecule has 3 rings (SSSR count). The van der Waals surface area contributed by atoms with Gasteiger partial charge in [-0.3, -0.25) is 4.79 Å². The van der Waals surface area contributed by atoms with Gasteiger partial charge in [0.15, 0.2) is 0 Å². The van der Waals surface area contributed by atoms with Gasteiger partial charge in [-0.2, -0.15) is 0 Å². The molecule has 15 heavy (non-hydrogen) atoms. The van der Waals surface area contributed by atoms with Crippen molar-refractivity contribution in [2.75, 3.05) is 13.2 Å². The maximum Gasteiger partial charge on any atom is 0.302 e. The minimum absolute atomic E-state index is 0.128. The molecule has 3 aliphatic rings. The van der Waals surface area contributed by atoms with E-state index in [9.17, 15) is 4.79 Å². The fourth-order valence-corrected chi connectivity index (χ4v) is 2.73. The van der Waals surface area contributed by atoms with Crippen LogP contribution in [-0.4, -0.2) is 24.8 Å². The molecule has 1 saturated carbocycles. The lowest BCUT2D eigenvalue weighted by Gasteiger charge is -2.52. The van der Waals surface area contributed by atoms with Crippen molar-refractivity contribution in [1.29, 1.82) is 0 Å². The molecule has 0 radical (unpaired) electrons. The Balaban J connectivity index is 1.94. The molecular formula is C12H20O3. The van der Waals surface area contributed by atoms with Crippen LogP contribution in [0.25, 0.3) is 0 Å². The molecule has 0 atom stereocenters. The summed E-state index contributed by atoms with van der Waals surface area (Å²) < 4.78 is 11.1. The van der Waals surface area contributed by atoms with E-state index in [0.717, 1.165) is 38.7 Å². The second-order valence-electron chi connectivity index (χ2n) is 5.11. The zero-order chi connectivity index (χ0) is 10.9. The van der Waals surface area contributed by atoms with Crippen molar-refractivity contribution in [2.45, 2.75) is 51.6 Å². The smallest absolute Gasteiger partial charge is 0.302 e. The molecule has 2 heterocycles. The van der Waals surface area contributed by atoms with Crippen molar-refractivity contribution in [1.82, 2.24) is 0 Å². The SMILES string of the molecule is CCC12CCC(COC(C)=O)(CC1)CO2. The average molecular weight is 212 g/mol. The van der Waals surface area contributed by atoms with E-state index in [1.54, 1.807) is 0 Å². The summed E-state index contributed by atoms with van der Waals surface area (Å²) in [6.45, 7) is 4.99. The first-order valence-corrected chi connectivity index (χ1v) is 5.87. The van der Waals surface area contributed by atoms with Crippen LogP contribution < -0.4 is 0 Å². The average Bonchev–Trinajstić information content (AvgIpc) is 2.29. The highest BCUT2D eigenvalue weighted by molar-refractivity contribution is 5.65. The number of hydrogen-bond acceptors (Lipinski definition) is 3. The molecule has 0 aromatic carbocycles. The van der Waals surface area contributed by atoms with E-state index < -0.39 is 0 Å². The molecule has 86 valence electrons. The largest absolute Gasteiger partial charge is 0.465 e. The van der Waals surface area contributed by atoms with E-state index in [-0.39, 0.29) is 17.0 Å². The van der Waals surface area contributed by atoms with E-state index in [0.29, 0.717) is 6.61 Å². The standard InChI is InChI=1S/C12H20O3/c1-3-12-6-4-11(5-7-12,9-15-12)8-14-10(2)13/h3-9H2,1-2H3. The quantitative estimate of drug-likeness (QED) is 0.673. The Kier molecular flexibility index (Phi) is 2.75. The van der Waals surface area contributed by atoms with Crippen LogP contribution in [0, 0.1) is 5.41 Å². The van der Waals surface area contributed by atoms with Gasteiger partial charge in [0.05, 0.1) is 18.8 Å². The van der Waals surface area contributed by atoms with Crippen molar-refractivity contribution in [3.63, 3.8) is 0 Å². The van der Waals surface area contributed by atoms with Crippen LogP contribution in [0.4, 0.5) is 0 Å². The second kappa shape index (κ2) is 3.78. The summed E-state index contributed by atoms with van der Waals surface area (Å²) in [7, 11) is 0. The molecule has 0 aromatic heterocycles. The van der Waals surface area contributed by atoms with Crippen LogP contribution in [0.1, 0.15) is 46.0 Å². The highest BCUT2D eigenvalue weighted by atomic mass is 16.5. The lowest BCUT2D eigenvalue weighted by Crippen LogP contribution is -2.52. The number of hydrogen-bond donors (Lipinski definition) is 0. The number of carbonyl (C=O) groups is 1. The molecule has 0 spiro atoms. The van der Waals surface area contributed by atoms with Gasteiger partial charge < -0.3 is 9.47 Å². The van der Waals surface area contributed by atoms with Gasteiger partial charge in [-0.15, -0.1) is 0 Å². The third-order valence-electron chi connectivity index (χ3n) is 4.13. The Morgan fingerprint density at radius 1 is 1.33 bits per heavy atom. The van der Waals surface area contributed by atoms with E-state index >= 15 is 0 Å². The molecule has 3 heteroatoms. The van der Waals surface area contributed by atoms with Crippen LogP contribution in [0.3, 0.4) is 0 Å². The molecule has 0 unspecified atom stereocenters. The van der Waals surface area contributed by atoms with E-state index in [2.05, 4.69) is 6.92 Å². The van der Waals surface area contributed by atoms with E-state index in [1.807, 2.05) is 0 Å². The maximum atomic E-state index is 10.8. The highest BCUT2D eigenvalue weighted by Crippen LogP contribution is 2.50. The summed E-state index contributed by atoms with van der Waals surface area (Å²) in [5.41, 5.74) is 0.278. The maximum absolute atomic E-state index is 10.8. The van der Waals surface area contributed by atoms with Crippen LogP contribution in [0.15, 0.2) is 0 Å². The van der Waals surface area contributed by atoms with Gasteiger partial charge in [-0.05, 0) is 32.1 Å². The molecule has 0 aromatic rings. The van der Waals surface area contributed by atoms with Gasteiger partial charge in [-0.1, -0.05) is 6.92 Å². The monoisotopic (exact) mass is 212 g/mol. The zero-order valence-corrected chi connectivity index (χ0v) is 9.67. The summed E-state index contributed by atoms with van der Waals surface area (Å²) in [5.74, 6) is -0.178. The molecular weight excluding hydrogens is 192 g/mol. The third kappa shape index (κ3) is 2.03. The lowest BCUT2D eigenvalue weighted by molar-refractivity contribution is -0.201. The van der Waals surface area contributed by atoms with Gasteiger partial charge in [0.2, 0.25) is 0 Å². The van der Waals surface area contributed by atoms with Gasteiger partial charge >= 0.3 is 5.97 Å². The Morgan fingerprint density at radius 3 is 2.40 bits per heavy atom. The van der Waals surface area contributed by atoms with Gasteiger partial charge in [0.1, 0.15) is 0 Å². The fourth-order valence-electron chi connectivity index (χ4n) is 2.73. The van der Waals surface area contributed by atoms with Gasteiger partial charge in [0, 0.05) is 12.3 Å². The van der Waals surface area contributed by atoms with Crippen LogP contribution >= 0.6 is 0 Å². The molecule has 3 fully saturated rings. The Morgan fingerprint density at radius 2 is 2.00 bits per heavy atom. The summed E-state index contributed by atoms with van der Waals surface area (Å²) in [5, 5.41) is 0. The summed E-state index contributed by atoms with van der Waals surface area (Å²) in [6, 6.07) is 0. The van der Waals surface area contributed by atoms with Crippen LogP contribution in [0.2, 0.25) is 0 Å². The molecule has 1 aliphatic carbocycles. The highest BCUT2D eigenvalue weighted by Gasteiger charge is 2.49. The van der Waals surface area contributed by atoms with Crippen molar-refractivity contribution in [3.05, 3.63) is 0 Å². The first-order valence-electron chi connectivity index (χ1n) is 5.87. The van der Waals surface area contributed by atoms with Crippen molar-refractivity contribution in [3.8, 4) is 0 Å². The summed E-state index contributed by atoms with van der Waals surface area (Å²) >= 11 is 0. The minimum Gasteiger partial charge on any atom is -0.465 e. The lowest BCUT2D eigenvalue weighted by atomic mass is 9.66. The van der Waals surface area contributed by atoms with Crippen molar-refractivity contribution < 1.29 is 14.3 Å². The number of esters is 1. The number of rotatable bonds is 3. The molecule has 2 aliphatic heterocycles. The first-order chi connectivity index (χ1) is 7.10.